The number of H-pyrrole nitrogens is 1. The number of hydrogen-bond donors (Lipinski definition) is 2. The smallest absolute Gasteiger partial charge is 0.255 e. The number of benzene rings is 2. The number of nitrogens with one attached hydrogen (secondary N) is 2. The molecule has 168 valence electrons. The van der Waals surface area contributed by atoms with E-state index in [2.05, 4.69) is 20.5 Å². The summed E-state index contributed by atoms with van der Waals surface area (Å²) in [4.78, 5) is 18.4. The number of amides is 1. The zero-order chi connectivity index (χ0) is 23.0. The molecule has 2 N–H and O–H groups in total. The molecule has 0 saturated heterocycles. The van der Waals surface area contributed by atoms with Crippen molar-refractivity contribution in [3.05, 3.63) is 81.8 Å². The second-order valence-corrected chi connectivity index (χ2v) is 10.7. The maximum absolute atomic E-state index is 13.2. The minimum Gasteiger partial charge on any atom is -0.322 e. The van der Waals surface area contributed by atoms with E-state index in [1.165, 1.54) is 21.3 Å². The fourth-order valence-corrected chi connectivity index (χ4v) is 6.11. The highest BCUT2D eigenvalue weighted by Gasteiger charge is 2.29. The number of carbonyl (C=O) groups excluding carboxylic acids is 1. The number of sulfonamides is 1. The first kappa shape index (κ1) is 21.5. The monoisotopic (exact) mass is 479 g/mol. The number of aryl methyl sites for hydroxylation is 1. The zero-order valence-electron chi connectivity index (χ0n) is 17.8. The van der Waals surface area contributed by atoms with Crippen molar-refractivity contribution in [1.82, 2.24) is 19.5 Å². The number of carbonyl (C=O) groups is 1. The predicted octanol–water partition coefficient (Wildman–Crippen LogP) is 3.84. The van der Waals surface area contributed by atoms with Gasteiger partial charge in [0.1, 0.15) is 5.82 Å². The molecule has 2 aromatic carbocycles. The Bertz CT molecular complexity index is 1420. The SMILES string of the molecule is Cc1nc(-c2ccc(NC(=O)c3cccc(S(=O)(=O)N4CCc5sccc5C4)c3)cc2)n[nH]1. The van der Waals surface area contributed by atoms with Crippen LogP contribution in [0.2, 0.25) is 0 Å². The molecule has 5 rings (SSSR count). The Kier molecular flexibility index (Phi) is 5.57. The lowest BCUT2D eigenvalue weighted by Gasteiger charge is -2.26. The summed E-state index contributed by atoms with van der Waals surface area (Å²) in [5.74, 6) is 0.917. The van der Waals surface area contributed by atoms with E-state index in [0.29, 0.717) is 31.0 Å². The zero-order valence-corrected chi connectivity index (χ0v) is 19.4. The van der Waals surface area contributed by atoms with Gasteiger partial charge in [-0.2, -0.15) is 9.40 Å². The van der Waals surface area contributed by atoms with Gasteiger partial charge < -0.3 is 5.32 Å². The van der Waals surface area contributed by atoms with E-state index in [1.807, 2.05) is 30.5 Å². The Morgan fingerprint density at radius 1 is 1.15 bits per heavy atom. The molecule has 1 amide bonds. The van der Waals surface area contributed by atoms with Crippen LogP contribution in [-0.2, 0) is 23.0 Å². The second kappa shape index (κ2) is 8.54. The highest BCUT2D eigenvalue weighted by molar-refractivity contribution is 7.89. The number of fused-ring (bicyclic) bond motifs is 1. The van der Waals surface area contributed by atoms with Gasteiger partial charge in [0.2, 0.25) is 10.0 Å². The van der Waals surface area contributed by atoms with Crippen LogP contribution in [-0.4, -0.2) is 40.4 Å². The molecular weight excluding hydrogens is 458 g/mol. The first-order valence-electron chi connectivity index (χ1n) is 10.4. The maximum atomic E-state index is 13.2. The Balaban J connectivity index is 1.32. The molecule has 0 fully saturated rings. The predicted molar refractivity (Wildman–Crippen MR) is 127 cm³/mol. The van der Waals surface area contributed by atoms with Crippen LogP contribution in [0.5, 0.6) is 0 Å². The summed E-state index contributed by atoms with van der Waals surface area (Å²) in [7, 11) is -3.70. The van der Waals surface area contributed by atoms with E-state index in [4.69, 9.17) is 0 Å². The van der Waals surface area contributed by atoms with Gasteiger partial charge in [-0.3, -0.25) is 9.89 Å². The van der Waals surface area contributed by atoms with Crippen molar-refractivity contribution in [3.8, 4) is 11.4 Å². The number of nitrogens with zero attached hydrogens (tertiary/aromatic N) is 3. The average molecular weight is 480 g/mol. The van der Waals surface area contributed by atoms with Crippen molar-refractivity contribution >= 4 is 33.0 Å². The molecule has 0 unspecified atom stereocenters. The van der Waals surface area contributed by atoms with E-state index >= 15 is 0 Å². The number of rotatable bonds is 5. The van der Waals surface area contributed by atoms with Gasteiger partial charge in [0.05, 0.1) is 4.90 Å². The molecule has 2 aromatic heterocycles. The number of anilines is 1. The largest absolute Gasteiger partial charge is 0.322 e. The Morgan fingerprint density at radius 3 is 2.73 bits per heavy atom. The van der Waals surface area contributed by atoms with Gasteiger partial charge in [0.25, 0.3) is 5.91 Å². The van der Waals surface area contributed by atoms with Crippen molar-refractivity contribution in [2.75, 3.05) is 11.9 Å². The molecule has 0 radical (unpaired) electrons. The molecule has 8 nitrogen and oxygen atoms in total. The standard InChI is InChI=1S/C23H21N5O3S2/c1-15-24-22(27-26-15)16-5-7-19(8-6-16)25-23(29)17-3-2-4-20(13-17)33(30,31)28-11-9-21-18(14-28)10-12-32-21/h2-8,10,12-13H,9,11,14H2,1H3,(H,25,29)(H,24,26,27). The summed E-state index contributed by atoms with van der Waals surface area (Å²) in [6.45, 7) is 2.61. The lowest BCUT2D eigenvalue weighted by Crippen LogP contribution is -2.35. The van der Waals surface area contributed by atoms with Gasteiger partial charge in [0.15, 0.2) is 5.82 Å². The second-order valence-electron chi connectivity index (χ2n) is 7.76. The molecular formula is C23H21N5O3S2. The highest BCUT2D eigenvalue weighted by atomic mass is 32.2. The highest BCUT2D eigenvalue weighted by Crippen LogP contribution is 2.28. The molecule has 1 aliphatic rings. The summed E-state index contributed by atoms with van der Waals surface area (Å²) >= 11 is 1.66. The maximum Gasteiger partial charge on any atom is 0.255 e. The van der Waals surface area contributed by atoms with Crippen LogP contribution in [0.25, 0.3) is 11.4 Å². The number of hydrogen-bond acceptors (Lipinski definition) is 6. The van der Waals surface area contributed by atoms with Crippen LogP contribution in [0.1, 0.15) is 26.6 Å². The van der Waals surface area contributed by atoms with Crippen LogP contribution >= 0.6 is 11.3 Å². The fraction of sp³-hybridized carbons (Fsp3) is 0.174. The van der Waals surface area contributed by atoms with Crippen molar-refractivity contribution in [3.63, 3.8) is 0 Å². The Labute approximate surface area is 195 Å². The third-order valence-corrected chi connectivity index (χ3v) is 8.37. The summed E-state index contributed by atoms with van der Waals surface area (Å²) in [5.41, 5.74) is 2.73. The lowest BCUT2D eigenvalue weighted by molar-refractivity contribution is 0.102. The molecule has 10 heteroatoms. The fourth-order valence-electron chi connectivity index (χ4n) is 3.75. The van der Waals surface area contributed by atoms with E-state index in [0.717, 1.165) is 17.0 Å². The molecule has 0 bridgehead atoms. The van der Waals surface area contributed by atoms with Gasteiger partial charge in [-0.25, -0.2) is 13.4 Å². The van der Waals surface area contributed by atoms with Crippen LogP contribution in [0.3, 0.4) is 0 Å². The van der Waals surface area contributed by atoms with Gasteiger partial charge in [0, 0.05) is 34.8 Å². The van der Waals surface area contributed by atoms with E-state index in [1.54, 1.807) is 35.6 Å². The molecule has 3 heterocycles. The van der Waals surface area contributed by atoms with E-state index < -0.39 is 10.0 Å². The van der Waals surface area contributed by atoms with Crippen molar-refractivity contribution in [1.29, 1.82) is 0 Å². The molecule has 4 aromatic rings. The normalized spacial score (nSPS) is 14.1. The van der Waals surface area contributed by atoms with E-state index in [9.17, 15) is 13.2 Å². The molecule has 0 atom stereocenters. The van der Waals surface area contributed by atoms with Crippen LogP contribution < -0.4 is 5.32 Å². The van der Waals surface area contributed by atoms with Crippen LogP contribution in [0.4, 0.5) is 5.69 Å². The van der Waals surface area contributed by atoms with E-state index in [-0.39, 0.29) is 16.4 Å². The van der Waals surface area contributed by atoms with Crippen molar-refractivity contribution < 1.29 is 13.2 Å². The molecule has 0 spiro atoms. The quantitative estimate of drug-likeness (QED) is 0.452. The topological polar surface area (TPSA) is 108 Å². The lowest BCUT2D eigenvalue weighted by atomic mass is 10.1. The minimum atomic E-state index is -3.70. The summed E-state index contributed by atoms with van der Waals surface area (Å²) in [6.07, 6.45) is 0.704. The summed E-state index contributed by atoms with van der Waals surface area (Å²) in [6, 6.07) is 15.3. The van der Waals surface area contributed by atoms with Crippen LogP contribution in [0, 0.1) is 6.92 Å². The number of aromatic nitrogens is 3. The van der Waals surface area contributed by atoms with Crippen molar-refractivity contribution in [2.24, 2.45) is 0 Å². The summed E-state index contributed by atoms with van der Waals surface area (Å²) < 4.78 is 27.9. The summed E-state index contributed by atoms with van der Waals surface area (Å²) in [5, 5.41) is 11.7. The van der Waals surface area contributed by atoms with Gasteiger partial charge in [-0.1, -0.05) is 6.07 Å². The first-order valence-corrected chi connectivity index (χ1v) is 12.7. The minimum absolute atomic E-state index is 0.115. The first-order chi connectivity index (χ1) is 15.9. The molecule has 1 aliphatic heterocycles. The third-order valence-electron chi connectivity index (χ3n) is 5.50. The Hall–Kier alpha value is -3.34. The van der Waals surface area contributed by atoms with Gasteiger partial charge in [-0.05, 0) is 72.8 Å². The van der Waals surface area contributed by atoms with Crippen LogP contribution in [0.15, 0.2) is 64.9 Å². The Morgan fingerprint density at radius 2 is 1.97 bits per heavy atom. The number of thiophene rings is 1. The molecule has 33 heavy (non-hydrogen) atoms. The van der Waals surface area contributed by atoms with Gasteiger partial charge >= 0.3 is 0 Å². The molecule has 0 saturated carbocycles. The van der Waals surface area contributed by atoms with Gasteiger partial charge in [-0.15, -0.1) is 11.3 Å². The third kappa shape index (κ3) is 4.32. The molecule has 0 aliphatic carbocycles. The average Bonchev–Trinajstić information content (AvgIpc) is 3.48. The number of aromatic amines is 1. The van der Waals surface area contributed by atoms with Crippen molar-refractivity contribution in [2.45, 2.75) is 24.8 Å².